The number of halogens is 2. The van der Waals surface area contributed by atoms with Crippen LogP contribution in [0.25, 0.3) is 28.2 Å². The average molecular weight is 339 g/mol. The van der Waals surface area contributed by atoms with Gasteiger partial charge < -0.3 is 0 Å². The van der Waals surface area contributed by atoms with E-state index in [-0.39, 0.29) is 5.02 Å². The molecule has 0 bridgehead atoms. The number of aryl methyl sites for hydroxylation is 1. The first-order valence-electron chi connectivity index (χ1n) is 7.36. The van der Waals surface area contributed by atoms with Gasteiger partial charge in [-0.15, -0.1) is 0 Å². The van der Waals surface area contributed by atoms with Crippen molar-refractivity contribution < 1.29 is 4.39 Å². The van der Waals surface area contributed by atoms with E-state index in [4.69, 9.17) is 11.6 Å². The highest BCUT2D eigenvalue weighted by molar-refractivity contribution is 6.30. The molecule has 0 fully saturated rings. The molecule has 0 spiro atoms. The molecule has 4 aromatic rings. The van der Waals surface area contributed by atoms with E-state index in [0.29, 0.717) is 17.2 Å². The molecule has 6 heteroatoms. The van der Waals surface area contributed by atoms with E-state index in [1.165, 1.54) is 12.1 Å². The number of aromatic nitrogens is 4. The van der Waals surface area contributed by atoms with Crippen molar-refractivity contribution in [3.8, 4) is 17.2 Å². The molecular weight excluding hydrogens is 327 g/mol. The van der Waals surface area contributed by atoms with Crippen LogP contribution in [0.4, 0.5) is 4.39 Å². The van der Waals surface area contributed by atoms with Gasteiger partial charge in [-0.2, -0.15) is 0 Å². The normalized spacial score (nSPS) is 11.1. The van der Waals surface area contributed by atoms with Gasteiger partial charge in [0.05, 0.1) is 16.1 Å². The molecule has 2 heterocycles. The first kappa shape index (κ1) is 14.8. The Hall–Kier alpha value is -2.79. The van der Waals surface area contributed by atoms with Crippen LogP contribution < -0.4 is 0 Å². The number of benzene rings is 2. The fourth-order valence-corrected chi connectivity index (χ4v) is 2.80. The fraction of sp³-hybridized carbons (Fsp3) is 0.0556. The second kappa shape index (κ2) is 5.69. The summed E-state index contributed by atoms with van der Waals surface area (Å²) in [5.41, 5.74) is 2.43. The van der Waals surface area contributed by atoms with Crippen LogP contribution in [-0.2, 0) is 0 Å². The van der Waals surface area contributed by atoms with Crippen molar-refractivity contribution in [1.29, 1.82) is 0 Å². The molecular formula is C18H12ClFN4. The Morgan fingerprint density at radius 3 is 2.71 bits per heavy atom. The van der Waals surface area contributed by atoms with Gasteiger partial charge in [0.25, 0.3) is 0 Å². The van der Waals surface area contributed by atoms with Crippen molar-refractivity contribution in [3.05, 3.63) is 71.4 Å². The van der Waals surface area contributed by atoms with E-state index >= 15 is 0 Å². The third-order valence-corrected chi connectivity index (χ3v) is 4.08. The quantitative estimate of drug-likeness (QED) is 0.537. The molecule has 4 nitrogen and oxygen atoms in total. The number of rotatable bonds is 2. The van der Waals surface area contributed by atoms with Gasteiger partial charge in [0, 0.05) is 11.8 Å². The predicted molar refractivity (Wildman–Crippen MR) is 91.8 cm³/mol. The molecule has 0 amide bonds. The molecule has 118 valence electrons. The highest BCUT2D eigenvalue weighted by Gasteiger charge is 2.12. The minimum atomic E-state index is -0.493. The van der Waals surface area contributed by atoms with Crippen LogP contribution >= 0.6 is 11.6 Å². The summed E-state index contributed by atoms with van der Waals surface area (Å²) >= 11 is 5.74. The van der Waals surface area contributed by atoms with Crippen molar-refractivity contribution in [2.24, 2.45) is 0 Å². The van der Waals surface area contributed by atoms with Crippen LogP contribution in [0, 0.1) is 12.7 Å². The lowest BCUT2D eigenvalue weighted by atomic mass is 10.2. The largest absolute Gasteiger partial charge is 0.280 e. The number of hydrogen-bond acceptors (Lipinski definition) is 3. The van der Waals surface area contributed by atoms with E-state index in [1.54, 1.807) is 18.3 Å². The van der Waals surface area contributed by atoms with E-state index < -0.39 is 5.82 Å². The van der Waals surface area contributed by atoms with Gasteiger partial charge in [0.15, 0.2) is 5.82 Å². The van der Waals surface area contributed by atoms with Gasteiger partial charge in [0.2, 0.25) is 0 Å². The monoisotopic (exact) mass is 338 g/mol. The lowest BCUT2D eigenvalue weighted by molar-refractivity contribution is 0.628. The summed E-state index contributed by atoms with van der Waals surface area (Å²) in [6, 6.07) is 14.2. The number of nitrogens with zero attached hydrogens (tertiary/aromatic N) is 4. The van der Waals surface area contributed by atoms with E-state index in [0.717, 1.165) is 16.9 Å². The summed E-state index contributed by atoms with van der Waals surface area (Å²) in [6.45, 7) is 1.92. The van der Waals surface area contributed by atoms with Crippen LogP contribution in [0.15, 0.2) is 54.7 Å². The molecule has 0 aliphatic rings. The maximum atomic E-state index is 13.7. The third-order valence-electron chi connectivity index (χ3n) is 3.78. The Labute approximate surface area is 142 Å². The van der Waals surface area contributed by atoms with Crippen molar-refractivity contribution in [2.75, 3.05) is 0 Å². The molecule has 4 rings (SSSR count). The van der Waals surface area contributed by atoms with Gasteiger partial charge in [-0.25, -0.2) is 19.3 Å². The van der Waals surface area contributed by atoms with E-state index in [9.17, 15) is 4.39 Å². The summed E-state index contributed by atoms with van der Waals surface area (Å²) in [5, 5.41) is 0.0753. The maximum absolute atomic E-state index is 13.7. The number of para-hydroxylation sites is 2. The second-order valence-corrected chi connectivity index (χ2v) is 5.76. The zero-order chi connectivity index (χ0) is 16.7. The van der Waals surface area contributed by atoms with E-state index in [1.807, 2.05) is 35.8 Å². The van der Waals surface area contributed by atoms with Gasteiger partial charge in [0.1, 0.15) is 17.5 Å². The highest BCUT2D eigenvalue weighted by atomic mass is 35.5. The van der Waals surface area contributed by atoms with Gasteiger partial charge in [-0.05, 0) is 43.3 Å². The molecule has 0 N–H and O–H groups in total. The second-order valence-electron chi connectivity index (χ2n) is 5.35. The summed E-state index contributed by atoms with van der Waals surface area (Å²) in [6.07, 6.45) is 1.65. The van der Waals surface area contributed by atoms with Crippen LogP contribution in [0.2, 0.25) is 5.02 Å². The smallest absolute Gasteiger partial charge is 0.161 e. The van der Waals surface area contributed by atoms with Crippen molar-refractivity contribution in [1.82, 2.24) is 19.5 Å². The van der Waals surface area contributed by atoms with Crippen LogP contribution in [0.5, 0.6) is 0 Å². The predicted octanol–water partition coefficient (Wildman–Crippen LogP) is 4.58. The van der Waals surface area contributed by atoms with Crippen LogP contribution in [0.1, 0.15) is 5.82 Å². The minimum Gasteiger partial charge on any atom is -0.280 e. The molecule has 2 aromatic heterocycles. The summed E-state index contributed by atoms with van der Waals surface area (Å²) in [4.78, 5) is 13.4. The lowest BCUT2D eigenvalue weighted by Crippen LogP contribution is -2.02. The molecule has 0 atom stereocenters. The fourth-order valence-electron chi connectivity index (χ4n) is 2.68. The third kappa shape index (κ3) is 2.43. The van der Waals surface area contributed by atoms with Crippen LogP contribution in [0.3, 0.4) is 0 Å². The Morgan fingerprint density at radius 2 is 1.88 bits per heavy atom. The maximum Gasteiger partial charge on any atom is 0.161 e. The first-order chi connectivity index (χ1) is 11.6. The Bertz CT molecular complexity index is 1060. The Balaban J connectivity index is 1.88. The number of hydrogen-bond donors (Lipinski definition) is 0. The Morgan fingerprint density at radius 1 is 1.04 bits per heavy atom. The van der Waals surface area contributed by atoms with E-state index in [2.05, 4.69) is 15.0 Å². The van der Waals surface area contributed by atoms with Crippen molar-refractivity contribution in [2.45, 2.75) is 6.92 Å². The topological polar surface area (TPSA) is 43.6 Å². The zero-order valence-corrected chi connectivity index (χ0v) is 13.5. The van der Waals surface area contributed by atoms with Crippen molar-refractivity contribution in [3.63, 3.8) is 0 Å². The SMILES string of the molecule is Cc1nc2ccccc2n1-c1ccnc(-c2ccc(Cl)c(F)c2)n1. The van der Waals surface area contributed by atoms with Crippen LogP contribution in [-0.4, -0.2) is 19.5 Å². The summed E-state index contributed by atoms with van der Waals surface area (Å²) in [7, 11) is 0. The van der Waals surface area contributed by atoms with Crippen molar-refractivity contribution >= 4 is 22.6 Å². The molecule has 0 saturated heterocycles. The molecule has 0 saturated carbocycles. The molecule has 24 heavy (non-hydrogen) atoms. The molecule has 0 aliphatic heterocycles. The number of fused-ring (bicyclic) bond motifs is 1. The summed E-state index contributed by atoms with van der Waals surface area (Å²) in [5.74, 6) is 1.44. The Kier molecular flexibility index (Phi) is 3.50. The van der Waals surface area contributed by atoms with Gasteiger partial charge in [-0.1, -0.05) is 23.7 Å². The minimum absolute atomic E-state index is 0.0753. The molecule has 0 aliphatic carbocycles. The van der Waals surface area contributed by atoms with Gasteiger partial charge in [-0.3, -0.25) is 4.57 Å². The lowest BCUT2D eigenvalue weighted by Gasteiger charge is -2.08. The average Bonchev–Trinajstić information content (AvgIpc) is 2.93. The molecule has 0 unspecified atom stereocenters. The first-order valence-corrected chi connectivity index (χ1v) is 7.74. The number of imidazole rings is 1. The zero-order valence-electron chi connectivity index (χ0n) is 12.7. The highest BCUT2D eigenvalue weighted by Crippen LogP contribution is 2.24. The summed E-state index contributed by atoms with van der Waals surface area (Å²) < 4.78 is 15.7. The van der Waals surface area contributed by atoms with Gasteiger partial charge >= 0.3 is 0 Å². The standard InChI is InChI=1S/C18H12ClFN4/c1-11-22-15-4-2-3-5-16(15)24(11)17-8-9-21-18(23-17)12-6-7-13(19)14(20)10-12/h2-10H,1H3. The molecule has 0 radical (unpaired) electrons. The molecule has 2 aromatic carbocycles.